The highest BCUT2D eigenvalue weighted by atomic mass is 13.8. The van der Waals surface area contributed by atoms with E-state index >= 15 is 0 Å². The summed E-state index contributed by atoms with van der Waals surface area (Å²) in [7, 11) is 0. The van der Waals surface area contributed by atoms with Crippen molar-refractivity contribution in [1.29, 1.82) is 0 Å². The molecule has 0 aromatic rings. The second-order valence-corrected chi connectivity index (χ2v) is 2.03. The minimum Gasteiger partial charge on any atom is -0.0961 e. The molecular formula is C12H24. The number of hydrogen-bond acceptors (Lipinski definition) is 0. The highest BCUT2D eigenvalue weighted by molar-refractivity contribution is 5.20. The van der Waals surface area contributed by atoms with E-state index in [1.54, 1.807) is 0 Å². The Labute approximate surface area is 78.7 Å². The SMILES string of the molecule is C=C(C)/C=C\C(=C)C.CC.CC. The largest absolute Gasteiger partial charge is 0.0961 e. The molecule has 0 nitrogen and oxygen atoms in total. The average Bonchev–Trinajstić information content (AvgIpc) is 2.08. The number of rotatable bonds is 2. The van der Waals surface area contributed by atoms with Crippen LogP contribution in [0.15, 0.2) is 36.5 Å². The molecule has 72 valence electrons. The quantitative estimate of drug-likeness (QED) is 0.522. The Kier molecular flexibility index (Phi) is 24.1. The van der Waals surface area contributed by atoms with Crippen molar-refractivity contribution in [1.82, 2.24) is 0 Å². The molecule has 0 aromatic carbocycles. The molecule has 0 heterocycles. The predicted molar refractivity (Wildman–Crippen MR) is 61.5 cm³/mol. The van der Waals surface area contributed by atoms with Gasteiger partial charge in [0.25, 0.3) is 0 Å². The van der Waals surface area contributed by atoms with Gasteiger partial charge >= 0.3 is 0 Å². The van der Waals surface area contributed by atoms with Crippen LogP contribution in [-0.2, 0) is 0 Å². The summed E-state index contributed by atoms with van der Waals surface area (Å²) in [6.45, 7) is 19.3. The van der Waals surface area contributed by atoms with Crippen molar-refractivity contribution < 1.29 is 0 Å². The normalized spacial score (nSPS) is 7.50. The van der Waals surface area contributed by atoms with Crippen LogP contribution in [0, 0.1) is 0 Å². The molecule has 0 saturated carbocycles. The third-order valence-corrected chi connectivity index (χ3v) is 0.652. The summed E-state index contributed by atoms with van der Waals surface area (Å²) in [6, 6.07) is 0. The molecule has 0 unspecified atom stereocenters. The molecule has 0 atom stereocenters. The Morgan fingerprint density at radius 1 is 0.750 bits per heavy atom. The van der Waals surface area contributed by atoms with Crippen LogP contribution < -0.4 is 0 Å². The van der Waals surface area contributed by atoms with E-state index in [0.717, 1.165) is 11.1 Å². The maximum atomic E-state index is 3.70. The maximum absolute atomic E-state index is 3.70. The van der Waals surface area contributed by atoms with Gasteiger partial charge in [-0.05, 0) is 13.8 Å². The van der Waals surface area contributed by atoms with Crippen LogP contribution in [0.3, 0.4) is 0 Å². The second-order valence-electron chi connectivity index (χ2n) is 2.03. The van der Waals surface area contributed by atoms with Gasteiger partial charge in [-0.25, -0.2) is 0 Å². The molecule has 0 fully saturated rings. The maximum Gasteiger partial charge on any atom is -0.0404 e. The molecule has 0 N–H and O–H groups in total. The van der Waals surface area contributed by atoms with Crippen LogP contribution in [0.4, 0.5) is 0 Å². The Morgan fingerprint density at radius 2 is 0.917 bits per heavy atom. The summed E-state index contributed by atoms with van der Waals surface area (Å²) in [5, 5.41) is 0. The van der Waals surface area contributed by atoms with Gasteiger partial charge in [0.2, 0.25) is 0 Å². The van der Waals surface area contributed by atoms with E-state index < -0.39 is 0 Å². The van der Waals surface area contributed by atoms with Crippen LogP contribution in [0.2, 0.25) is 0 Å². The van der Waals surface area contributed by atoms with Gasteiger partial charge in [-0.2, -0.15) is 0 Å². The molecule has 0 aromatic heterocycles. The van der Waals surface area contributed by atoms with Crippen LogP contribution in [0.5, 0.6) is 0 Å². The second kappa shape index (κ2) is 16.7. The first kappa shape index (κ1) is 17.3. The van der Waals surface area contributed by atoms with Crippen molar-refractivity contribution in [2.45, 2.75) is 41.5 Å². The molecule has 0 amide bonds. The highest BCUT2D eigenvalue weighted by Gasteiger charge is 1.72. The Balaban J connectivity index is -0.000000175. The zero-order valence-corrected chi connectivity index (χ0v) is 9.57. The number of allylic oxidation sites excluding steroid dienone is 4. The van der Waals surface area contributed by atoms with Crippen molar-refractivity contribution in [3.63, 3.8) is 0 Å². The van der Waals surface area contributed by atoms with Gasteiger partial charge < -0.3 is 0 Å². The summed E-state index contributed by atoms with van der Waals surface area (Å²) in [5.41, 5.74) is 2.13. The van der Waals surface area contributed by atoms with Crippen LogP contribution in [0.1, 0.15) is 41.5 Å². The first-order chi connectivity index (χ1) is 5.63. The van der Waals surface area contributed by atoms with Crippen LogP contribution in [-0.4, -0.2) is 0 Å². The van der Waals surface area contributed by atoms with E-state index in [2.05, 4.69) is 13.2 Å². The van der Waals surface area contributed by atoms with Gasteiger partial charge in [-0.15, -0.1) is 0 Å². The Bertz CT molecular complexity index is 111. The van der Waals surface area contributed by atoms with Crippen molar-refractivity contribution in [2.24, 2.45) is 0 Å². The molecule has 12 heavy (non-hydrogen) atoms. The lowest BCUT2D eigenvalue weighted by molar-refractivity contribution is 1.50. The summed E-state index contributed by atoms with van der Waals surface area (Å²) < 4.78 is 0. The Hall–Kier alpha value is -0.780. The van der Waals surface area contributed by atoms with Crippen molar-refractivity contribution in [3.05, 3.63) is 36.5 Å². The minimum absolute atomic E-state index is 1.06. The monoisotopic (exact) mass is 168 g/mol. The van der Waals surface area contributed by atoms with E-state index in [4.69, 9.17) is 0 Å². The minimum atomic E-state index is 1.06. The van der Waals surface area contributed by atoms with Gasteiger partial charge in [0, 0.05) is 0 Å². The van der Waals surface area contributed by atoms with Crippen molar-refractivity contribution in [3.8, 4) is 0 Å². The molecule has 0 spiro atoms. The van der Waals surface area contributed by atoms with Gasteiger partial charge in [0.05, 0.1) is 0 Å². The number of hydrogen-bond donors (Lipinski definition) is 0. The fourth-order valence-electron chi connectivity index (χ4n) is 0.285. The average molecular weight is 168 g/mol. The lowest BCUT2D eigenvalue weighted by Crippen LogP contribution is -1.62. The third-order valence-electron chi connectivity index (χ3n) is 0.652. The van der Waals surface area contributed by atoms with E-state index in [0.29, 0.717) is 0 Å². The van der Waals surface area contributed by atoms with Crippen LogP contribution >= 0.6 is 0 Å². The first-order valence-electron chi connectivity index (χ1n) is 4.62. The molecular weight excluding hydrogens is 144 g/mol. The summed E-state index contributed by atoms with van der Waals surface area (Å²) in [6.07, 6.45) is 3.89. The van der Waals surface area contributed by atoms with Gasteiger partial charge in [-0.3, -0.25) is 0 Å². The van der Waals surface area contributed by atoms with Crippen LogP contribution in [0.25, 0.3) is 0 Å². The molecule has 0 aliphatic heterocycles. The molecule has 0 rings (SSSR count). The molecule has 0 aliphatic carbocycles. The summed E-state index contributed by atoms with van der Waals surface area (Å²) in [4.78, 5) is 0. The van der Waals surface area contributed by atoms with E-state index in [1.165, 1.54) is 0 Å². The zero-order chi connectivity index (χ0) is 10.6. The fourth-order valence-corrected chi connectivity index (χ4v) is 0.285. The van der Waals surface area contributed by atoms with E-state index in [-0.39, 0.29) is 0 Å². The zero-order valence-electron chi connectivity index (χ0n) is 9.57. The van der Waals surface area contributed by atoms with Crippen molar-refractivity contribution in [2.75, 3.05) is 0 Å². The molecule has 0 radical (unpaired) electrons. The van der Waals surface area contributed by atoms with Gasteiger partial charge in [0.15, 0.2) is 0 Å². The molecule has 0 saturated heterocycles. The lowest BCUT2D eigenvalue weighted by Gasteiger charge is -1.84. The molecule has 0 heteroatoms. The van der Waals surface area contributed by atoms with Crippen molar-refractivity contribution >= 4 is 0 Å². The van der Waals surface area contributed by atoms with E-state index in [1.807, 2.05) is 53.7 Å². The topological polar surface area (TPSA) is 0 Å². The predicted octanol–water partition coefficient (Wildman–Crippen LogP) is 4.75. The van der Waals surface area contributed by atoms with Gasteiger partial charge in [0.1, 0.15) is 0 Å². The highest BCUT2D eigenvalue weighted by Crippen LogP contribution is 1.94. The smallest absolute Gasteiger partial charge is 0.0404 e. The first-order valence-corrected chi connectivity index (χ1v) is 4.62. The lowest BCUT2D eigenvalue weighted by atomic mass is 10.2. The standard InChI is InChI=1S/C8H12.2C2H6/c1-7(2)5-6-8(3)4;2*1-2/h5-6H,1,3H2,2,4H3;2*1-2H3/b6-5-;;. The van der Waals surface area contributed by atoms with E-state index in [9.17, 15) is 0 Å². The summed E-state index contributed by atoms with van der Waals surface area (Å²) in [5.74, 6) is 0. The van der Waals surface area contributed by atoms with Gasteiger partial charge in [-0.1, -0.05) is 64.2 Å². The summed E-state index contributed by atoms with van der Waals surface area (Å²) >= 11 is 0. The fraction of sp³-hybridized carbons (Fsp3) is 0.500. The Morgan fingerprint density at radius 3 is 1.00 bits per heavy atom. The molecule has 0 aliphatic rings. The molecule has 0 bridgehead atoms. The third kappa shape index (κ3) is 35.0.